The van der Waals surface area contributed by atoms with Gasteiger partial charge in [0.05, 0.1) is 26.4 Å². The molecule has 127 heavy (non-hydrogen) atoms. The van der Waals surface area contributed by atoms with Crippen LogP contribution in [0.1, 0.15) is 457 Å². The Morgan fingerprint density at radius 2 is 0.417 bits per heavy atom. The number of ether oxygens (including phenoxy) is 3. The molecular formula is C109H190O16P2. The molecule has 5 unspecified atom stereocenters. The highest BCUT2D eigenvalue weighted by Crippen LogP contribution is 2.45. The van der Waals surface area contributed by atoms with E-state index in [9.17, 15) is 43.5 Å². The van der Waals surface area contributed by atoms with Crippen molar-refractivity contribution < 1.29 is 75.8 Å². The zero-order chi connectivity index (χ0) is 92.1. The van der Waals surface area contributed by atoms with Crippen molar-refractivity contribution >= 4 is 33.6 Å². The molecule has 0 radical (unpaired) electrons. The van der Waals surface area contributed by atoms with Gasteiger partial charge in [-0.15, -0.1) is 0 Å². The lowest BCUT2D eigenvalue weighted by Gasteiger charge is -2.21. The maximum atomic E-state index is 13.1. The fourth-order valence-corrected chi connectivity index (χ4v) is 16.0. The molecule has 0 saturated heterocycles. The average Bonchev–Trinajstić information content (AvgIpc) is 0.902. The van der Waals surface area contributed by atoms with Crippen LogP contribution in [0, 0.1) is 0 Å². The van der Waals surface area contributed by atoms with E-state index in [0.717, 1.165) is 148 Å². The third-order valence-corrected chi connectivity index (χ3v) is 24.1. The number of hydrogen-bond donors (Lipinski definition) is 4. The molecule has 4 N–H and O–H groups in total. The molecule has 0 aromatic heterocycles. The lowest BCUT2D eigenvalue weighted by Crippen LogP contribution is -2.30. The van der Waals surface area contributed by atoms with Crippen LogP contribution in [0.2, 0.25) is 0 Å². The van der Waals surface area contributed by atoms with Crippen LogP contribution in [0.15, 0.2) is 158 Å². The number of phosphoric ester groups is 2. The Hall–Kier alpha value is -4.83. The Balaban J connectivity index is 4.60. The molecule has 0 rings (SSSR count). The number of unbranched alkanes of at least 4 members (excludes halogenated alkanes) is 49. The maximum Gasteiger partial charge on any atom is 0.472 e. The number of rotatable bonds is 98. The Morgan fingerprint density at radius 1 is 0.228 bits per heavy atom. The number of phosphoric acid groups is 2. The minimum atomic E-state index is -4.95. The molecule has 0 aromatic rings. The molecule has 5 atom stereocenters. The van der Waals surface area contributed by atoms with Crippen LogP contribution in [0.3, 0.4) is 0 Å². The monoisotopic (exact) mass is 1820 g/mol. The molecule has 732 valence electrons. The summed E-state index contributed by atoms with van der Waals surface area (Å²) >= 11 is 0. The Kier molecular flexibility index (Phi) is 96.4. The molecule has 0 aliphatic heterocycles. The predicted octanol–water partition coefficient (Wildman–Crippen LogP) is 32.8. The van der Waals surface area contributed by atoms with Gasteiger partial charge in [0, 0.05) is 19.3 Å². The fourth-order valence-electron chi connectivity index (χ4n) is 14.4. The highest BCUT2D eigenvalue weighted by atomic mass is 31.2. The van der Waals surface area contributed by atoms with Crippen molar-refractivity contribution in [3.05, 3.63) is 158 Å². The van der Waals surface area contributed by atoms with Crippen LogP contribution < -0.4 is 0 Å². The molecule has 0 aliphatic rings. The van der Waals surface area contributed by atoms with Crippen molar-refractivity contribution in [2.45, 2.75) is 476 Å². The molecule has 0 heterocycles. The third-order valence-electron chi connectivity index (χ3n) is 22.2. The van der Waals surface area contributed by atoms with Gasteiger partial charge in [-0.1, -0.05) is 442 Å². The number of allylic oxidation sites excluding steroid dienone is 26. The van der Waals surface area contributed by atoms with Gasteiger partial charge in [0.1, 0.15) is 25.4 Å². The number of hydrogen-bond acceptors (Lipinski definition) is 14. The lowest BCUT2D eigenvalue weighted by molar-refractivity contribution is -0.161. The quantitative estimate of drug-likeness (QED) is 0.0146. The summed E-state index contributed by atoms with van der Waals surface area (Å²) in [7, 11) is -9.82. The van der Waals surface area contributed by atoms with Gasteiger partial charge >= 0.3 is 33.6 Å². The van der Waals surface area contributed by atoms with Crippen molar-refractivity contribution in [2.75, 3.05) is 39.6 Å². The average molecular weight is 1820 g/mol. The van der Waals surface area contributed by atoms with Crippen LogP contribution in [0.5, 0.6) is 0 Å². The summed E-state index contributed by atoms with van der Waals surface area (Å²) in [6, 6.07) is 0. The van der Waals surface area contributed by atoms with Crippen LogP contribution >= 0.6 is 15.6 Å². The van der Waals surface area contributed by atoms with Crippen LogP contribution in [-0.2, 0) is 55.8 Å². The van der Waals surface area contributed by atoms with Gasteiger partial charge in [0.2, 0.25) is 0 Å². The highest BCUT2D eigenvalue weighted by Gasteiger charge is 2.30. The third kappa shape index (κ3) is 102. The van der Waals surface area contributed by atoms with Gasteiger partial charge in [0.25, 0.3) is 0 Å². The summed E-state index contributed by atoms with van der Waals surface area (Å²) in [5.74, 6) is -1.56. The molecule has 18 heteroatoms. The molecule has 16 nitrogen and oxygen atoms in total. The lowest BCUT2D eigenvalue weighted by atomic mass is 10.0. The second-order valence-corrected chi connectivity index (χ2v) is 37.5. The molecule has 0 amide bonds. The molecule has 0 spiro atoms. The van der Waals surface area contributed by atoms with E-state index in [1.807, 2.05) is 0 Å². The van der Waals surface area contributed by atoms with Crippen molar-refractivity contribution in [1.82, 2.24) is 0 Å². The maximum absolute atomic E-state index is 13.1. The molecule has 0 aliphatic carbocycles. The van der Waals surface area contributed by atoms with Crippen molar-refractivity contribution in [1.29, 1.82) is 0 Å². The van der Waals surface area contributed by atoms with Gasteiger partial charge in [0.15, 0.2) is 6.10 Å². The highest BCUT2D eigenvalue weighted by molar-refractivity contribution is 7.47. The summed E-state index contributed by atoms with van der Waals surface area (Å²) in [5.41, 5.74) is 0. The van der Waals surface area contributed by atoms with E-state index < -0.39 is 91.5 Å². The molecule has 0 saturated carbocycles. The largest absolute Gasteiger partial charge is 0.472 e. The first-order valence-corrected chi connectivity index (χ1v) is 54.8. The summed E-state index contributed by atoms with van der Waals surface area (Å²) in [5, 5.41) is 20.8. The van der Waals surface area contributed by atoms with E-state index in [4.69, 9.17) is 32.3 Å². The van der Waals surface area contributed by atoms with Gasteiger partial charge in [-0.05, 0) is 154 Å². The second-order valence-electron chi connectivity index (χ2n) is 34.6. The molecular weight excluding hydrogens is 1630 g/mol. The fraction of sp³-hybridized carbons (Fsp3) is 0.734. The summed E-state index contributed by atoms with van der Waals surface area (Å²) < 4.78 is 61.7. The van der Waals surface area contributed by atoms with E-state index in [-0.39, 0.29) is 19.3 Å². The van der Waals surface area contributed by atoms with E-state index in [1.165, 1.54) is 250 Å². The topological polar surface area (TPSA) is 231 Å². The first-order chi connectivity index (χ1) is 62.2. The van der Waals surface area contributed by atoms with E-state index in [0.29, 0.717) is 19.3 Å². The van der Waals surface area contributed by atoms with E-state index in [2.05, 4.69) is 179 Å². The van der Waals surface area contributed by atoms with Crippen LogP contribution in [-0.4, -0.2) is 95.9 Å². The number of carbonyl (C=O) groups is 3. The number of aliphatic hydroxyl groups is 2. The number of esters is 3. The van der Waals surface area contributed by atoms with Gasteiger partial charge in [-0.3, -0.25) is 32.5 Å². The van der Waals surface area contributed by atoms with Gasteiger partial charge < -0.3 is 34.2 Å². The van der Waals surface area contributed by atoms with Crippen LogP contribution in [0.25, 0.3) is 0 Å². The summed E-state index contributed by atoms with van der Waals surface area (Å²) in [6.45, 7) is 2.60. The number of aliphatic hydroxyl groups excluding tert-OH is 2. The van der Waals surface area contributed by atoms with E-state index in [1.54, 1.807) is 0 Å². The smallest absolute Gasteiger partial charge is 0.463 e. The minimum absolute atomic E-state index is 0.101. The zero-order valence-corrected chi connectivity index (χ0v) is 82.9. The van der Waals surface area contributed by atoms with Crippen molar-refractivity contribution in [3.8, 4) is 0 Å². The van der Waals surface area contributed by atoms with Crippen molar-refractivity contribution in [2.24, 2.45) is 0 Å². The van der Waals surface area contributed by atoms with Gasteiger partial charge in [-0.25, -0.2) is 9.13 Å². The molecule has 0 aromatic carbocycles. The zero-order valence-electron chi connectivity index (χ0n) is 81.2. The number of carbonyl (C=O) groups excluding carboxylic acids is 3. The first kappa shape index (κ1) is 122. The van der Waals surface area contributed by atoms with Crippen molar-refractivity contribution in [3.63, 3.8) is 0 Å². The Bertz CT molecular complexity index is 2940. The van der Waals surface area contributed by atoms with E-state index >= 15 is 0 Å². The first-order valence-electron chi connectivity index (χ1n) is 51.8. The SMILES string of the molecule is CC/C=C\C/C=C\C/C=C\C/C=C\C/C=C\CCCCCCCCCCCCCCCCCCCC(=O)OCC(O)COP(=O)(O)OCC(O)COP(=O)(O)OCC(COC(=O)CCCCCCCCCCCCCCC/C=C\C/C=C\C/C=C\C/C=C\CCCCC)OC(=O)CCCCCCCCCCCCCCC/C=C\C/C=C\C/C=C\C/C=C\CCCCC. The summed E-state index contributed by atoms with van der Waals surface area (Å²) in [4.78, 5) is 59.2. The minimum Gasteiger partial charge on any atom is -0.463 e. The predicted molar refractivity (Wildman–Crippen MR) is 537 cm³/mol. The normalized spacial score (nSPS) is 14.3. The standard InChI is InChI=1S/C109H190O16P2/c1-4-7-10-13-16-19-22-25-28-31-34-37-40-43-46-49-50-51-52-55-57-59-62-65-68-71-74-77-80-83-86-89-92-95-107(112)119-98-104(110)99-121-126(115,116)122-100-105(111)101-123-127(117,118)124-103-106(125-109(114)97-94-91-88-85-82-79-76-73-70-67-64-61-58-54-48-45-42-39-36-33-30-27-24-21-18-15-12-9-6-3)102-120-108(113)96-93-90-87-84-81-78-75-72-69-66-63-60-56-53-47-44-41-38-35-32-29-26-23-20-17-14-11-8-5-2/h7,10,16-21,25-30,34-39,43-48,104-106,110-111H,4-6,8-9,11-15,22-24,31-33,40-42,49-103H2,1-3H3,(H,115,116)(H,117,118)/b10-7-,19-16-,20-17-,21-18-,28-25-,29-26-,30-27-,37-34-,38-35-,39-36-,46-43-,47-44-,48-45-. The summed E-state index contributed by atoms with van der Waals surface area (Å²) in [6.07, 6.45) is 130. The second kappa shape index (κ2) is 100. The molecule has 0 fully saturated rings. The van der Waals surface area contributed by atoms with Crippen LogP contribution in [0.4, 0.5) is 0 Å². The van der Waals surface area contributed by atoms with Gasteiger partial charge in [-0.2, -0.15) is 0 Å². The Labute approximate surface area is 778 Å². The molecule has 0 bridgehead atoms. The Morgan fingerprint density at radius 3 is 0.661 bits per heavy atom.